The Kier molecular flexibility index (Phi) is 4.58. The summed E-state index contributed by atoms with van der Waals surface area (Å²) in [5.41, 5.74) is 0.662. The summed E-state index contributed by atoms with van der Waals surface area (Å²) in [7, 11) is 1.50. The average Bonchev–Trinajstić information content (AvgIpc) is 2.22. The number of carbonyl (C=O) groups is 1. The minimum Gasteiger partial charge on any atom is -0.374 e. The van der Waals surface area contributed by atoms with Crippen LogP contribution in [0.2, 0.25) is 10.0 Å². The van der Waals surface area contributed by atoms with Gasteiger partial charge < -0.3 is 4.74 Å². The third-order valence-corrected chi connectivity index (χ3v) is 2.93. The highest BCUT2D eigenvalue weighted by atomic mass is 35.5. The molecule has 15 heavy (non-hydrogen) atoms. The van der Waals surface area contributed by atoms with Crippen LogP contribution in [0.15, 0.2) is 18.2 Å². The molecule has 0 amide bonds. The topological polar surface area (TPSA) is 26.3 Å². The SMILES string of the molecule is COC(C)C(=O)Cc1c(Cl)cccc1Cl. The molecule has 0 spiro atoms. The lowest BCUT2D eigenvalue weighted by atomic mass is 10.1. The smallest absolute Gasteiger partial charge is 0.165 e. The van der Waals surface area contributed by atoms with Crippen LogP contribution in [0.3, 0.4) is 0 Å². The number of hydrogen-bond acceptors (Lipinski definition) is 2. The number of hydrogen-bond donors (Lipinski definition) is 0. The second kappa shape index (κ2) is 5.50. The largest absolute Gasteiger partial charge is 0.374 e. The first-order chi connectivity index (χ1) is 7.06. The minimum atomic E-state index is -0.433. The van der Waals surface area contributed by atoms with E-state index in [1.807, 2.05) is 0 Å². The van der Waals surface area contributed by atoms with Crippen LogP contribution in [0.25, 0.3) is 0 Å². The first-order valence-corrected chi connectivity index (χ1v) is 5.30. The van der Waals surface area contributed by atoms with Crippen molar-refractivity contribution in [3.8, 4) is 0 Å². The molecule has 4 heteroatoms. The average molecular weight is 247 g/mol. The van der Waals surface area contributed by atoms with Gasteiger partial charge in [-0.1, -0.05) is 29.3 Å². The van der Waals surface area contributed by atoms with Crippen molar-refractivity contribution in [1.29, 1.82) is 0 Å². The van der Waals surface area contributed by atoms with Crippen molar-refractivity contribution >= 4 is 29.0 Å². The summed E-state index contributed by atoms with van der Waals surface area (Å²) < 4.78 is 4.93. The van der Waals surface area contributed by atoms with E-state index in [1.165, 1.54) is 7.11 Å². The molecular weight excluding hydrogens is 235 g/mol. The monoisotopic (exact) mass is 246 g/mol. The minimum absolute atomic E-state index is 0.0347. The predicted octanol–water partition coefficient (Wildman–Crippen LogP) is 3.14. The van der Waals surface area contributed by atoms with Gasteiger partial charge in [-0.05, 0) is 24.6 Å². The van der Waals surface area contributed by atoms with Crippen molar-refractivity contribution in [3.63, 3.8) is 0 Å². The fraction of sp³-hybridized carbons (Fsp3) is 0.364. The van der Waals surface area contributed by atoms with Crippen LogP contribution in [-0.4, -0.2) is 19.0 Å². The van der Waals surface area contributed by atoms with Gasteiger partial charge in [0.25, 0.3) is 0 Å². The van der Waals surface area contributed by atoms with Crippen molar-refractivity contribution < 1.29 is 9.53 Å². The molecule has 0 radical (unpaired) electrons. The summed E-state index contributed by atoms with van der Waals surface area (Å²) in [5.74, 6) is -0.0347. The molecule has 0 aromatic heterocycles. The summed E-state index contributed by atoms with van der Waals surface area (Å²) in [6.07, 6.45) is -0.231. The Morgan fingerprint density at radius 1 is 1.40 bits per heavy atom. The van der Waals surface area contributed by atoms with Crippen molar-refractivity contribution in [2.45, 2.75) is 19.4 Å². The van der Waals surface area contributed by atoms with E-state index in [2.05, 4.69) is 0 Å². The van der Waals surface area contributed by atoms with Gasteiger partial charge in [-0.15, -0.1) is 0 Å². The Morgan fingerprint density at radius 3 is 2.40 bits per heavy atom. The number of Topliss-reactive ketones (excluding diaryl/α,β-unsaturated/α-hetero) is 1. The summed E-state index contributed by atoms with van der Waals surface area (Å²) >= 11 is 11.9. The molecule has 0 bridgehead atoms. The Morgan fingerprint density at radius 2 is 1.93 bits per heavy atom. The highest BCUT2D eigenvalue weighted by molar-refractivity contribution is 6.36. The molecule has 2 nitrogen and oxygen atoms in total. The van der Waals surface area contributed by atoms with Gasteiger partial charge in [-0.3, -0.25) is 4.79 Å². The lowest BCUT2D eigenvalue weighted by Gasteiger charge is -2.10. The Bertz CT molecular complexity index is 343. The zero-order chi connectivity index (χ0) is 11.4. The molecule has 0 N–H and O–H groups in total. The number of rotatable bonds is 4. The molecule has 0 aliphatic rings. The predicted molar refractivity (Wildman–Crippen MR) is 61.6 cm³/mol. The fourth-order valence-corrected chi connectivity index (χ4v) is 1.68. The third kappa shape index (κ3) is 3.20. The third-order valence-electron chi connectivity index (χ3n) is 2.22. The Labute approximate surface area is 99.1 Å². The maximum Gasteiger partial charge on any atom is 0.165 e. The lowest BCUT2D eigenvalue weighted by molar-refractivity contribution is -0.127. The summed E-state index contributed by atoms with van der Waals surface area (Å²) in [6, 6.07) is 5.18. The van der Waals surface area contributed by atoms with E-state index in [0.717, 1.165) is 0 Å². The lowest BCUT2D eigenvalue weighted by Crippen LogP contribution is -2.21. The number of halogens is 2. The number of ether oxygens (including phenoxy) is 1. The molecule has 0 saturated heterocycles. The van der Waals surface area contributed by atoms with Crippen molar-refractivity contribution in [2.75, 3.05) is 7.11 Å². The number of benzene rings is 1. The van der Waals surface area contributed by atoms with E-state index >= 15 is 0 Å². The van der Waals surface area contributed by atoms with Crippen molar-refractivity contribution in [3.05, 3.63) is 33.8 Å². The molecule has 82 valence electrons. The van der Waals surface area contributed by atoms with Crippen LogP contribution in [0.4, 0.5) is 0 Å². The first kappa shape index (κ1) is 12.5. The van der Waals surface area contributed by atoms with E-state index in [0.29, 0.717) is 15.6 Å². The zero-order valence-electron chi connectivity index (χ0n) is 8.59. The van der Waals surface area contributed by atoms with E-state index in [4.69, 9.17) is 27.9 Å². The second-order valence-electron chi connectivity index (χ2n) is 3.22. The van der Waals surface area contributed by atoms with Crippen LogP contribution in [0.1, 0.15) is 12.5 Å². The van der Waals surface area contributed by atoms with Crippen LogP contribution in [0.5, 0.6) is 0 Å². The number of carbonyl (C=O) groups excluding carboxylic acids is 1. The molecule has 1 aromatic rings. The highest BCUT2D eigenvalue weighted by Crippen LogP contribution is 2.25. The van der Waals surface area contributed by atoms with Gasteiger partial charge in [-0.2, -0.15) is 0 Å². The van der Waals surface area contributed by atoms with Gasteiger partial charge in [0.05, 0.1) is 0 Å². The first-order valence-electron chi connectivity index (χ1n) is 4.54. The van der Waals surface area contributed by atoms with Crippen LogP contribution >= 0.6 is 23.2 Å². The van der Waals surface area contributed by atoms with Crippen LogP contribution < -0.4 is 0 Å². The van der Waals surface area contributed by atoms with Gasteiger partial charge in [-0.25, -0.2) is 0 Å². The van der Waals surface area contributed by atoms with Gasteiger partial charge in [0.2, 0.25) is 0 Å². The highest BCUT2D eigenvalue weighted by Gasteiger charge is 2.15. The molecule has 1 atom stereocenters. The zero-order valence-corrected chi connectivity index (χ0v) is 10.1. The molecule has 0 heterocycles. The van der Waals surface area contributed by atoms with Crippen molar-refractivity contribution in [2.24, 2.45) is 0 Å². The molecule has 0 saturated carbocycles. The normalized spacial score (nSPS) is 12.5. The fourth-order valence-electron chi connectivity index (χ4n) is 1.15. The molecule has 1 rings (SSSR count). The maximum atomic E-state index is 11.6. The number of ketones is 1. The van der Waals surface area contributed by atoms with E-state index < -0.39 is 6.10 Å². The van der Waals surface area contributed by atoms with Crippen LogP contribution in [-0.2, 0) is 16.0 Å². The van der Waals surface area contributed by atoms with Crippen molar-refractivity contribution in [1.82, 2.24) is 0 Å². The van der Waals surface area contributed by atoms with E-state index in [-0.39, 0.29) is 12.2 Å². The Hall–Kier alpha value is -0.570. The standard InChI is InChI=1S/C11H12Cl2O2/c1-7(15-2)11(14)6-8-9(12)4-3-5-10(8)13/h3-5,7H,6H2,1-2H3. The molecule has 1 unspecified atom stereocenters. The Balaban J connectivity index is 2.85. The molecule has 0 aliphatic heterocycles. The van der Waals surface area contributed by atoms with Crippen LogP contribution in [0, 0.1) is 0 Å². The molecular formula is C11H12Cl2O2. The maximum absolute atomic E-state index is 11.6. The molecule has 1 aromatic carbocycles. The second-order valence-corrected chi connectivity index (χ2v) is 4.04. The van der Waals surface area contributed by atoms with Gasteiger partial charge in [0, 0.05) is 23.6 Å². The molecule has 0 aliphatic carbocycles. The molecule has 0 fully saturated rings. The van der Waals surface area contributed by atoms with E-state index in [9.17, 15) is 4.79 Å². The number of methoxy groups -OCH3 is 1. The van der Waals surface area contributed by atoms with Gasteiger partial charge in [0.15, 0.2) is 5.78 Å². The van der Waals surface area contributed by atoms with Gasteiger partial charge >= 0.3 is 0 Å². The summed E-state index contributed by atoms with van der Waals surface area (Å²) in [4.78, 5) is 11.6. The van der Waals surface area contributed by atoms with Gasteiger partial charge in [0.1, 0.15) is 6.10 Å². The summed E-state index contributed by atoms with van der Waals surface area (Å²) in [6.45, 7) is 1.70. The quantitative estimate of drug-likeness (QED) is 0.816. The summed E-state index contributed by atoms with van der Waals surface area (Å²) in [5, 5.41) is 1.03. The van der Waals surface area contributed by atoms with E-state index in [1.54, 1.807) is 25.1 Å².